The highest BCUT2D eigenvalue weighted by Gasteiger charge is 2.34. The summed E-state index contributed by atoms with van der Waals surface area (Å²) in [6.45, 7) is 5.18. The Morgan fingerprint density at radius 1 is 1.14 bits per heavy atom. The molecular weight excluding hydrogens is 430 g/mol. The second-order valence-corrected chi connectivity index (χ2v) is 8.14. The molecule has 0 aromatic heterocycles. The molecule has 6 heteroatoms. The molecule has 5 nitrogen and oxygen atoms in total. The summed E-state index contributed by atoms with van der Waals surface area (Å²) in [6.07, 6.45) is 2.44. The van der Waals surface area contributed by atoms with Crippen molar-refractivity contribution in [3.63, 3.8) is 0 Å². The van der Waals surface area contributed by atoms with Crippen molar-refractivity contribution in [1.82, 2.24) is 10.2 Å². The summed E-state index contributed by atoms with van der Waals surface area (Å²) in [4.78, 5) is 29.5. The summed E-state index contributed by atoms with van der Waals surface area (Å²) in [6, 6.07) is 17.2. The van der Waals surface area contributed by atoms with Crippen LogP contribution in [0, 0.1) is 0 Å². The minimum absolute atomic E-state index is 0.0456. The maximum Gasteiger partial charge on any atom is 0.254 e. The first-order valence-corrected chi connectivity index (χ1v) is 11.0. The number of nitrogens with one attached hydrogen (secondary N) is 1. The molecule has 1 atom stereocenters. The molecule has 0 aliphatic carbocycles. The van der Waals surface area contributed by atoms with E-state index >= 15 is 0 Å². The summed E-state index contributed by atoms with van der Waals surface area (Å²) in [5.74, 6) is -0.118. The molecule has 3 rings (SSSR count). The highest BCUT2D eigenvalue weighted by atomic mass is 79.9. The van der Waals surface area contributed by atoms with Gasteiger partial charge in [-0.25, -0.2) is 0 Å². The van der Waals surface area contributed by atoms with Crippen LogP contribution in [0.25, 0.3) is 0 Å². The number of halogens is 1. The van der Waals surface area contributed by atoms with Crippen molar-refractivity contribution in [3.05, 3.63) is 64.6 Å². The lowest BCUT2D eigenvalue weighted by Gasteiger charge is -2.25. The molecule has 154 valence electrons. The van der Waals surface area contributed by atoms with Crippen molar-refractivity contribution in [3.8, 4) is 0 Å². The van der Waals surface area contributed by atoms with Crippen molar-refractivity contribution in [2.24, 2.45) is 0 Å². The lowest BCUT2D eigenvalue weighted by atomic mass is 10.1. The van der Waals surface area contributed by atoms with Crippen molar-refractivity contribution in [1.29, 1.82) is 0 Å². The van der Waals surface area contributed by atoms with Crippen LogP contribution in [0.5, 0.6) is 0 Å². The van der Waals surface area contributed by atoms with Crippen molar-refractivity contribution < 1.29 is 9.59 Å². The molecule has 1 aliphatic heterocycles. The van der Waals surface area contributed by atoms with Crippen LogP contribution in [0.15, 0.2) is 59.1 Å². The van der Waals surface area contributed by atoms with E-state index < -0.39 is 0 Å². The number of nitrogens with zero attached hydrogens (tertiary/aromatic N) is 2. The van der Waals surface area contributed by atoms with Crippen LogP contribution < -0.4 is 10.2 Å². The molecule has 0 saturated carbocycles. The molecule has 1 unspecified atom stereocenters. The standard InChI is InChI=1S/C23H28BrN3O2/c1-2-26(20-8-4-3-5-9-20)16-7-15-25-22(28)21-10-6-17-27(21)23(29)18-11-13-19(24)14-12-18/h3-5,8-9,11-14,21H,2,6-7,10,15-17H2,1H3,(H,25,28). The van der Waals surface area contributed by atoms with Crippen LogP contribution in [-0.2, 0) is 4.79 Å². The number of likely N-dealkylation sites (tertiary alicyclic amines) is 1. The second-order valence-electron chi connectivity index (χ2n) is 7.22. The Kier molecular flexibility index (Phi) is 7.69. The number of para-hydroxylation sites is 1. The number of rotatable bonds is 8. The predicted octanol–water partition coefficient (Wildman–Crippen LogP) is 4.09. The number of carbonyl (C=O) groups is 2. The molecule has 1 fully saturated rings. The van der Waals surface area contributed by atoms with Crippen LogP contribution in [-0.4, -0.2) is 48.9 Å². The van der Waals surface area contributed by atoms with E-state index in [1.54, 1.807) is 17.0 Å². The van der Waals surface area contributed by atoms with Crippen LogP contribution in [0.2, 0.25) is 0 Å². The van der Waals surface area contributed by atoms with Gasteiger partial charge in [0.2, 0.25) is 5.91 Å². The molecule has 2 amide bonds. The zero-order valence-electron chi connectivity index (χ0n) is 16.8. The Morgan fingerprint density at radius 2 is 1.86 bits per heavy atom. The summed E-state index contributed by atoms with van der Waals surface area (Å²) in [5, 5.41) is 3.03. The van der Waals surface area contributed by atoms with Gasteiger partial charge in [0.15, 0.2) is 0 Å². The third kappa shape index (κ3) is 5.60. The van der Waals surface area contributed by atoms with Gasteiger partial charge >= 0.3 is 0 Å². The van der Waals surface area contributed by atoms with Crippen molar-refractivity contribution in [2.75, 3.05) is 31.1 Å². The number of hydrogen-bond donors (Lipinski definition) is 1. The highest BCUT2D eigenvalue weighted by Crippen LogP contribution is 2.21. The van der Waals surface area contributed by atoms with E-state index in [-0.39, 0.29) is 17.9 Å². The summed E-state index contributed by atoms with van der Waals surface area (Å²) in [5.41, 5.74) is 1.82. The fourth-order valence-electron chi connectivity index (χ4n) is 3.75. The van der Waals surface area contributed by atoms with E-state index in [2.05, 4.69) is 45.2 Å². The van der Waals surface area contributed by atoms with Crippen LogP contribution >= 0.6 is 15.9 Å². The zero-order valence-corrected chi connectivity index (χ0v) is 18.4. The highest BCUT2D eigenvalue weighted by molar-refractivity contribution is 9.10. The average Bonchev–Trinajstić information content (AvgIpc) is 3.24. The van der Waals surface area contributed by atoms with E-state index in [4.69, 9.17) is 0 Å². The van der Waals surface area contributed by atoms with Gasteiger partial charge in [-0.1, -0.05) is 34.1 Å². The Morgan fingerprint density at radius 3 is 2.55 bits per heavy atom. The molecule has 0 radical (unpaired) electrons. The monoisotopic (exact) mass is 457 g/mol. The largest absolute Gasteiger partial charge is 0.372 e. The lowest BCUT2D eigenvalue weighted by Crippen LogP contribution is -2.46. The summed E-state index contributed by atoms with van der Waals surface area (Å²) in [7, 11) is 0. The van der Waals surface area contributed by atoms with Gasteiger partial charge in [0.1, 0.15) is 6.04 Å². The molecule has 0 spiro atoms. The first kappa shape index (κ1) is 21.4. The number of carbonyl (C=O) groups excluding carboxylic acids is 2. The minimum Gasteiger partial charge on any atom is -0.372 e. The fourth-order valence-corrected chi connectivity index (χ4v) is 4.01. The Bertz CT molecular complexity index is 811. The van der Waals surface area contributed by atoms with E-state index in [9.17, 15) is 9.59 Å². The van der Waals surface area contributed by atoms with E-state index in [1.807, 2.05) is 30.3 Å². The SMILES string of the molecule is CCN(CCCNC(=O)C1CCCN1C(=O)c1ccc(Br)cc1)c1ccccc1. The molecule has 1 saturated heterocycles. The summed E-state index contributed by atoms with van der Waals surface area (Å²) >= 11 is 3.39. The van der Waals surface area contributed by atoms with E-state index in [0.717, 1.165) is 36.8 Å². The number of amides is 2. The van der Waals surface area contributed by atoms with E-state index in [1.165, 1.54) is 5.69 Å². The number of hydrogen-bond acceptors (Lipinski definition) is 3. The average molecular weight is 458 g/mol. The van der Waals surface area contributed by atoms with Gasteiger partial charge in [-0.15, -0.1) is 0 Å². The first-order valence-electron chi connectivity index (χ1n) is 10.2. The quantitative estimate of drug-likeness (QED) is 0.607. The first-order chi connectivity index (χ1) is 14.1. The maximum atomic E-state index is 12.8. The Hall–Kier alpha value is -2.34. The molecular formula is C23H28BrN3O2. The molecule has 1 aliphatic rings. The maximum absolute atomic E-state index is 12.8. The zero-order chi connectivity index (χ0) is 20.6. The van der Waals surface area contributed by atoms with Gasteiger partial charge in [-0.3, -0.25) is 9.59 Å². The van der Waals surface area contributed by atoms with Gasteiger partial charge < -0.3 is 15.1 Å². The van der Waals surface area contributed by atoms with Gasteiger partial charge in [0, 0.05) is 41.9 Å². The van der Waals surface area contributed by atoms with Crippen LogP contribution in [0.1, 0.15) is 36.5 Å². The molecule has 29 heavy (non-hydrogen) atoms. The molecule has 1 N–H and O–H groups in total. The fraction of sp³-hybridized carbons (Fsp3) is 0.391. The van der Waals surface area contributed by atoms with Crippen molar-refractivity contribution >= 4 is 33.4 Å². The smallest absolute Gasteiger partial charge is 0.254 e. The second kappa shape index (κ2) is 10.4. The van der Waals surface area contributed by atoms with Gasteiger partial charge in [0.25, 0.3) is 5.91 Å². The normalized spacial score (nSPS) is 15.9. The Labute approximate surface area is 181 Å². The topological polar surface area (TPSA) is 52.7 Å². The third-order valence-corrected chi connectivity index (χ3v) is 5.84. The Balaban J connectivity index is 1.49. The summed E-state index contributed by atoms with van der Waals surface area (Å²) < 4.78 is 0.932. The van der Waals surface area contributed by atoms with Crippen LogP contribution in [0.4, 0.5) is 5.69 Å². The van der Waals surface area contributed by atoms with E-state index in [0.29, 0.717) is 18.7 Å². The molecule has 1 heterocycles. The molecule has 2 aromatic carbocycles. The minimum atomic E-state index is -0.373. The molecule has 0 bridgehead atoms. The predicted molar refractivity (Wildman–Crippen MR) is 120 cm³/mol. The van der Waals surface area contributed by atoms with Crippen molar-refractivity contribution in [2.45, 2.75) is 32.2 Å². The third-order valence-electron chi connectivity index (χ3n) is 5.31. The van der Waals surface area contributed by atoms with Gasteiger partial charge in [-0.05, 0) is 62.6 Å². The van der Waals surface area contributed by atoms with Gasteiger partial charge in [-0.2, -0.15) is 0 Å². The number of anilines is 1. The van der Waals surface area contributed by atoms with Crippen LogP contribution in [0.3, 0.4) is 0 Å². The lowest BCUT2D eigenvalue weighted by molar-refractivity contribution is -0.124. The molecule has 2 aromatic rings. The van der Waals surface area contributed by atoms with Gasteiger partial charge in [0.05, 0.1) is 0 Å². The number of benzene rings is 2.